The highest BCUT2D eigenvalue weighted by atomic mass is 16.2. The Morgan fingerprint density at radius 3 is 2.78 bits per heavy atom. The molecule has 9 heavy (non-hydrogen) atoms. The van der Waals surface area contributed by atoms with Gasteiger partial charge in [0.15, 0.2) is 0 Å². The average molecular weight is 128 g/mol. The molecule has 3 heteroatoms. The summed E-state index contributed by atoms with van der Waals surface area (Å²) >= 11 is 0. The Balaban J connectivity index is 2.47. The first kappa shape index (κ1) is 6.55. The summed E-state index contributed by atoms with van der Waals surface area (Å²) in [5, 5.41) is 2.79. The van der Waals surface area contributed by atoms with Gasteiger partial charge in [-0.1, -0.05) is 6.92 Å². The number of nitrogens with one attached hydrogen (secondary N) is 1. The van der Waals surface area contributed by atoms with Crippen molar-refractivity contribution < 1.29 is 4.79 Å². The Bertz CT molecular complexity index is 124. The number of nitrogens with two attached hydrogens (primary N) is 1. The van der Waals surface area contributed by atoms with Gasteiger partial charge < -0.3 is 11.1 Å². The highest BCUT2D eigenvalue weighted by Gasteiger charge is 2.27. The molecule has 0 bridgehead atoms. The van der Waals surface area contributed by atoms with Crippen LogP contribution in [0.4, 0.5) is 0 Å². The van der Waals surface area contributed by atoms with Gasteiger partial charge in [-0.05, 0) is 6.42 Å². The van der Waals surface area contributed by atoms with Crippen molar-refractivity contribution >= 4 is 5.91 Å². The van der Waals surface area contributed by atoms with Crippen molar-refractivity contribution in [1.29, 1.82) is 0 Å². The highest BCUT2D eigenvalue weighted by molar-refractivity contribution is 5.79. The Labute approximate surface area is 54.6 Å². The van der Waals surface area contributed by atoms with E-state index in [2.05, 4.69) is 5.32 Å². The second-order valence-electron chi connectivity index (χ2n) is 2.45. The molecule has 0 aromatic carbocycles. The molecule has 1 aliphatic rings. The summed E-state index contributed by atoms with van der Waals surface area (Å²) in [6.45, 7) is 2.02. The Morgan fingerprint density at radius 2 is 2.56 bits per heavy atom. The van der Waals surface area contributed by atoms with Gasteiger partial charge in [-0.2, -0.15) is 0 Å². The SMILES string of the molecule is CC[C@@H]1NC(=O)C[C@@H]1N. The lowest BCUT2D eigenvalue weighted by Gasteiger charge is -2.10. The van der Waals surface area contributed by atoms with Crippen LogP contribution in [0.3, 0.4) is 0 Å². The summed E-state index contributed by atoms with van der Waals surface area (Å²) in [5.74, 6) is 0.0920. The summed E-state index contributed by atoms with van der Waals surface area (Å²) in [6.07, 6.45) is 1.44. The number of carbonyl (C=O) groups excluding carboxylic acids is 1. The predicted octanol–water partition coefficient (Wildman–Crippen LogP) is -0.388. The van der Waals surface area contributed by atoms with Crippen LogP contribution >= 0.6 is 0 Å². The van der Waals surface area contributed by atoms with E-state index in [4.69, 9.17) is 5.73 Å². The van der Waals surface area contributed by atoms with Crippen molar-refractivity contribution in [2.45, 2.75) is 31.8 Å². The van der Waals surface area contributed by atoms with Crippen LogP contribution in [0.5, 0.6) is 0 Å². The van der Waals surface area contributed by atoms with Crippen LogP contribution < -0.4 is 11.1 Å². The molecular weight excluding hydrogens is 116 g/mol. The minimum Gasteiger partial charge on any atom is -0.352 e. The summed E-state index contributed by atoms with van der Waals surface area (Å²) < 4.78 is 0. The van der Waals surface area contributed by atoms with Crippen molar-refractivity contribution in [3.05, 3.63) is 0 Å². The van der Waals surface area contributed by atoms with E-state index in [0.29, 0.717) is 6.42 Å². The molecule has 1 fully saturated rings. The van der Waals surface area contributed by atoms with E-state index >= 15 is 0 Å². The van der Waals surface area contributed by atoms with Crippen LogP contribution in [0, 0.1) is 0 Å². The Morgan fingerprint density at radius 1 is 1.89 bits per heavy atom. The van der Waals surface area contributed by atoms with E-state index in [-0.39, 0.29) is 18.0 Å². The number of carbonyl (C=O) groups is 1. The number of amides is 1. The third-order valence-electron chi connectivity index (χ3n) is 1.72. The van der Waals surface area contributed by atoms with Crippen LogP contribution in [-0.2, 0) is 4.79 Å². The molecule has 3 nitrogen and oxygen atoms in total. The molecule has 0 radical (unpaired) electrons. The second kappa shape index (κ2) is 2.35. The van der Waals surface area contributed by atoms with E-state index in [1.54, 1.807) is 0 Å². The second-order valence-corrected chi connectivity index (χ2v) is 2.45. The lowest BCUT2D eigenvalue weighted by molar-refractivity contribution is -0.119. The molecule has 0 aromatic rings. The van der Waals surface area contributed by atoms with Gasteiger partial charge in [-0.3, -0.25) is 4.79 Å². The van der Waals surface area contributed by atoms with Crippen molar-refractivity contribution in [3.63, 3.8) is 0 Å². The summed E-state index contributed by atoms with van der Waals surface area (Å²) in [6, 6.07) is 0.264. The minimum atomic E-state index is 0.0440. The third-order valence-corrected chi connectivity index (χ3v) is 1.72. The number of hydrogen-bond acceptors (Lipinski definition) is 2. The minimum absolute atomic E-state index is 0.0440. The zero-order valence-electron chi connectivity index (χ0n) is 5.55. The molecule has 3 N–H and O–H groups in total. The molecule has 1 heterocycles. The van der Waals surface area contributed by atoms with Gasteiger partial charge >= 0.3 is 0 Å². The highest BCUT2D eigenvalue weighted by Crippen LogP contribution is 2.07. The van der Waals surface area contributed by atoms with Gasteiger partial charge in [0.1, 0.15) is 0 Å². The maximum absolute atomic E-state index is 10.6. The normalized spacial score (nSPS) is 34.7. The fourth-order valence-corrected chi connectivity index (χ4v) is 1.13. The van der Waals surface area contributed by atoms with Crippen LogP contribution in [0.2, 0.25) is 0 Å². The van der Waals surface area contributed by atoms with E-state index < -0.39 is 0 Å². The number of rotatable bonds is 1. The molecule has 1 rings (SSSR count). The molecule has 1 aliphatic heterocycles. The van der Waals surface area contributed by atoms with Gasteiger partial charge in [0.25, 0.3) is 0 Å². The molecule has 0 aliphatic carbocycles. The molecule has 1 saturated heterocycles. The number of hydrogen-bond donors (Lipinski definition) is 2. The fourth-order valence-electron chi connectivity index (χ4n) is 1.13. The largest absolute Gasteiger partial charge is 0.352 e. The standard InChI is InChI=1S/C6H12N2O/c1-2-5-4(7)3-6(9)8-5/h4-5H,2-3,7H2,1H3,(H,8,9)/t4-,5-/m0/s1. The van der Waals surface area contributed by atoms with Crippen molar-refractivity contribution in [3.8, 4) is 0 Å². The molecular formula is C6H12N2O. The first-order chi connectivity index (χ1) is 4.24. The van der Waals surface area contributed by atoms with E-state index in [1.807, 2.05) is 6.92 Å². The monoisotopic (exact) mass is 128 g/mol. The van der Waals surface area contributed by atoms with Crippen LogP contribution in [0.1, 0.15) is 19.8 Å². The van der Waals surface area contributed by atoms with Crippen molar-refractivity contribution in [2.75, 3.05) is 0 Å². The van der Waals surface area contributed by atoms with Crippen molar-refractivity contribution in [1.82, 2.24) is 5.32 Å². The maximum Gasteiger partial charge on any atom is 0.221 e. The summed E-state index contributed by atoms with van der Waals surface area (Å²) in [5.41, 5.74) is 5.60. The molecule has 0 spiro atoms. The predicted molar refractivity (Wildman–Crippen MR) is 34.8 cm³/mol. The fraction of sp³-hybridized carbons (Fsp3) is 0.833. The zero-order chi connectivity index (χ0) is 6.85. The lowest BCUT2D eigenvalue weighted by atomic mass is 10.1. The van der Waals surface area contributed by atoms with Gasteiger partial charge in [-0.25, -0.2) is 0 Å². The average Bonchev–Trinajstić information content (AvgIpc) is 2.10. The molecule has 0 saturated carbocycles. The quantitative estimate of drug-likeness (QED) is 0.505. The summed E-state index contributed by atoms with van der Waals surface area (Å²) in [7, 11) is 0. The van der Waals surface area contributed by atoms with Gasteiger partial charge in [-0.15, -0.1) is 0 Å². The molecule has 0 aromatic heterocycles. The maximum atomic E-state index is 10.6. The third kappa shape index (κ3) is 1.21. The topological polar surface area (TPSA) is 55.1 Å². The van der Waals surface area contributed by atoms with Crippen LogP contribution in [0.15, 0.2) is 0 Å². The molecule has 0 unspecified atom stereocenters. The molecule has 2 atom stereocenters. The van der Waals surface area contributed by atoms with Crippen LogP contribution in [-0.4, -0.2) is 18.0 Å². The van der Waals surface area contributed by atoms with Crippen LogP contribution in [0.25, 0.3) is 0 Å². The lowest BCUT2D eigenvalue weighted by Crippen LogP contribution is -2.35. The van der Waals surface area contributed by atoms with Gasteiger partial charge in [0.2, 0.25) is 5.91 Å². The van der Waals surface area contributed by atoms with Gasteiger partial charge in [0.05, 0.1) is 0 Å². The smallest absolute Gasteiger partial charge is 0.221 e. The van der Waals surface area contributed by atoms with E-state index in [9.17, 15) is 4.79 Å². The van der Waals surface area contributed by atoms with E-state index in [1.165, 1.54) is 0 Å². The Hall–Kier alpha value is -0.570. The zero-order valence-corrected chi connectivity index (χ0v) is 5.55. The molecule has 52 valence electrons. The van der Waals surface area contributed by atoms with E-state index in [0.717, 1.165) is 6.42 Å². The van der Waals surface area contributed by atoms with Crippen molar-refractivity contribution in [2.24, 2.45) is 5.73 Å². The molecule has 1 amide bonds. The first-order valence-electron chi connectivity index (χ1n) is 3.29. The Kier molecular flexibility index (Phi) is 1.71. The summed E-state index contributed by atoms with van der Waals surface area (Å²) in [4.78, 5) is 10.6. The first-order valence-corrected chi connectivity index (χ1v) is 3.29. The van der Waals surface area contributed by atoms with Gasteiger partial charge in [0, 0.05) is 18.5 Å².